The number of aromatic nitrogens is 5. The van der Waals surface area contributed by atoms with E-state index in [0.717, 1.165) is 42.8 Å². The summed E-state index contributed by atoms with van der Waals surface area (Å²) in [7, 11) is 1.85. The molecule has 0 aromatic carbocycles. The van der Waals surface area contributed by atoms with E-state index in [-0.39, 0.29) is 11.9 Å². The Bertz CT molecular complexity index is 785. The zero-order valence-corrected chi connectivity index (χ0v) is 17.9. The van der Waals surface area contributed by atoms with E-state index in [1.54, 1.807) is 20.9 Å². The number of aryl methyl sites for hydroxylation is 3. The van der Waals surface area contributed by atoms with Crippen LogP contribution in [0.15, 0.2) is 0 Å². The second kappa shape index (κ2) is 9.53. The molecule has 0 bridgehead atoms. The van der Waals surface area contributed by atoms with Crippen LogP contribution in [0.2, 0.25) is 0 Å². The molecule has 0 saturated carbocycles. The van der Waals surface area contributed by atoms with Crippen molar-refractivity contribution in [1.82, 2.24) is 35.0 Å². The molecule has 2 aromatic heterocycles. The zero-order chi connectivity index (χ0) is 20.1. The van der Waals surface area contributed by atoms with Gasteiger partial charge in [0.2, 0.25) is 5.91 Å². The largest absolute Gasteiger partial charge is 0.379 e. The summed E-state index contributed by atoms with van der Waals surface area (Å²) in [5.74, 6) is 0.949. The number of nitrogens with zero attached hydrogens (tertiary/aromatic N) is 7. The Morgan fingerprint density at radius 1 is 1.32 bits per heavy atom. The maximum Gasteiger partial charge on any atom is 0.222 e. The third kappa shape index (κ3) is 5.12. The van der Waals surface area contributed by atoms with Gasteiger partial charge in [-0.05, 0) is 37.6 Å². The van der Waals surface area contributed by atoms with Crippen molar-refractivity contribution in [3.8, 4) is 0 Å². The Labute approximate surface area is 169 Å². The minimum absolute atomic E-state index is 0.0256. The molecule has 1 aliphatic rings. The Morgan fingerprint density at radius 2 is 2.07 bits per heavy atom. The number of ether oxygens (including phenoxy) is 1. The van der Waals surface area contributed by atoms with Gasteiger partial charge in [0, 0.05) is 38.0 Å². The molecule has 3 rings (SSSR count). The lowest BCUT2D eigenvalue weighted by atomic mass is 10.1. The minimum atomic E-state index is -0.0256. The number of tetrazole rings is 1. The van der Waals surface area contributed by atoms with E-state index in [9.17, 15) is 4.79 Å². The first-order chi connectivity index (χ1) is 13.5. The van der Waals surface area contributed by atoms with E-state index in [2.05, 4.69) is 32.3 Å². The SMILES string of the molecule is Cc1nc([C@@H](C)N(C)C(=O)CCCn2nnnc2CN2CCOCC2)c(C)s1. The van der Waals surface area contributed by atoms with Gasteiger partial charge in [0.05, 0.1) is 36.5 Å². The van der Waals surface area contributed by atoms with Crippen LogP contribution in [0.4, 0.5) is 0 Å². The van der Waals surface area contributed by atoms with Crippen LogP contribution in [0.1, 0.15) is 47.2 Å². The first-order valence-corrected chi connectivity index (χ1v) is 10.5. The van der Waals surface area contributed by atoms with E-state index < -0.39 is 0 Å². The van der Waals surface area contributed by atoms with Crippen LogP contribution in [0.3, 0.4) is 0 Å². The van der Waals surface area contributed by atoms with Crippen molar-refractivity contribution < 1.29 is 9.53 Å². The van der Waals surface area contributed by atoms with Gasteiger partial charge in [-0.25, -0.2) is 9.67 Å². The molecule has 28 heavy (non-hydrogen) atoms. The van der Waals surface area contributed by atoms with Crippen molar-refractivity contribution in [3.63, 3.8) is 0 Å². The summed E-state index contributed by atoms with van der Waals surface area (Å²) in [6.45, 7) is 10.7. The van der Waals surface area contributed by atoms with Crippen molar-refractivity contribution in [2.24, 2.45) is 0 Å². The van der Waals surface area contributed by atoms with Gasteiger partial charge in [-0.15, -0.1) is 16.4 Å². The van der Waals surface area contributed by atoms with Crippen LogP contribution in [-0.2, 0) is 22.6 Å². The van der Waals surface area contributed by atoms with Crippen molar-refractivity contribution >= 4 is 17.2 Å². The summed E-state index contributed by atoms with van der Waals surface area (Å²) < 4.78 is 7.18. The maximum atomic E-state index is 12.6. The van der Waals surface area contributed by atoms with Gasteiger partial charge >= 0.3 is 0 Å². The number of rotatable bonds is 8. The van der Waals surface area contributed by atoms with Crippen molar-refractivity contribution in [2.75, 3.05) is 33.4 Å². The average Bonchev–Trinajstić information content (AvgIpc) is 3.26. The molecule has 2 aromatic rings. The standard InChI is InChI=1S/C18H29N7O2S/c1-13(18-14(2)28-15(3)19-18)23(4)17(26)6-5-7-25-16(20-21-22-25)12-24-8-10-27-11-9-24/h13H,5-12H2,1-4H3/t13-/m1/s1. The van der Waals surface area contributed by atoms with Crippen molar-refractivity contribution in [1.29, 1.82) is 0 Å². The molecular weight excluding hydrogens is 378 g/mol. The smallest absolute Gasteiger partial charge is 0.222 e. The number of morpholine rings is 1. The summed E-state index contributed by atoms with van der Waals surface area (Å²) >= 11 is 1.67. The minimum Gasteiger partial charge on any atom is -0.379 e. The second-order valence-corrected chi connectivity index (χ2v) is 8.57. The van der Waals surface area contributed by atoms with Gasteiger partial charge in [-0.2, -0.15) is 0 Å². The van der Waals surface area contributed by atoms with Crippen LogP contribution in [0, 0.1) is 13.8 Å². The molecule has 1 saturated heterocycles. The van der Waals surface area contributed by atoms with E-state index >= 15 is 0 Å². The third-order valence-corrected chi connectivity index (χ3v) is 6.05. The predicted octanol–water partition coefficient (Wildman–Crippen LogP) is 1.58. The number of amides is 1. The maximum absolute atomic E-state index is 12.6. The summed E-state index contributed by atoms with van der Waals surface area (Å²) in [6, 6.07) is -0.0256. The molecule has 0 aliphatic carbocycles. The van der Waals surface area contributed by atoms with Crippen LogP contribution in [0.5, 0.6) is 0 Å². The lowest BCUT2D eigenvalue weighted by Gasteiger charge is -2.26. The summed E-state index contributed by atoms with van der Waals surface area (Å²) in [5.41, 5.74) is 0.992. The topological polar surface area (TPSA) is 89.3 Å². The summed E-state index contributed by atoms with van der Waals surface area (Å²) in [4.78, 5) is 22.4. The van der Waals surface area contributed by atoms with Gasteiger partial charge in [0.1, 0.15) is 0 Å². The van der Waals surface area contributed by atoms with Gasteiger partial charge in [-0.3, -0.25) is 9.69 Å². The lowest BCUT2D eigenvalue weighted by molar-refractivity contribution is -0.132. The van der Waals surface area contributed by atoms with Gasteiger partial charge < -0.3 is 9.64 Å². The summed E-state index contributed by atoms with van der Waals surface area (Å²) in [6.07, 6.45) is 1.16. The number of carbonyl (C=O) groups is 1. The molecule has 0 spiro atoms. The van der Waals surface area contributed by atoms with Gasteiger partial charge in [0.25, 0.3) is 0 Å². The van der Waals surface area contributed by atoms with E-state index in [1.165, 1.54) is 4.88 Å². The number of hydrogen-bond acceptors (Lipinski definition) is 8. The van der Waals surface area contributed by atoms with Crippen LogP contribution < -0.4 is 0 Å². The van der Waals surface area contributed by atoms with Crippen LogP contribution in [-0.4, -0.2) is 74.2 Å². The van der Waals surface area contributed by atoms with Crippen molar-refractivity contribution in [2.45, 2.75) is 52.7 Å². The fourth-order valence-electron chi connectivity index (χ4n) is 3.36. The molecule has 3 heterocycles. The fraction of sp³-hybridized carbons (Fsp3) is 0.722. The number of carbonyl (C=O) groups excluding carboxylic acids is 1. The highest BCUT2D eigenvalue weighted by Gasteiger charge is 2.21. The molecule has 1 atom stereocenters. The molecule has 154 valence electrons. The first kappa shape index (κ1) is 20.8. The lowest BCUT2D eigenvalue weighted by Crippen LogP contribution is -2.36. The van der Waals surface area contributed by atoms with Crippen LogP contribution in [0.25, 0.3) is 0 Å². The highest BCUT2D eigenvalue weighted by atomic mass is 32.1. The van der Waals surface area contributed by atoms with Gasteiger partial charge in [0.15, 0.2) is 5.82 Å². The summed E-state index contributed by atoms with van der Waals surface area (Å²) in [5, 5.41) is 13.1. The highest BCUT2D eigenvalue weighted by molar-refractivity contribution is 7.11. The van der Waals surface area contributed by atoms with Crippen molar-refractivity contribution in [3.05, 3.63) is 21.4 Å². The first-order valence-electron chi connectivity index (χ1n) is 9.70. The molecule has 10 heteroatoms. The normalized spacial score (nSPS) is 16.3. The molecule has 1 aliphatic heterocycles. The second-order valence-electron chi connectivity index (χ2n) is 7.17. The monoisotopic (exact) mass is 407 g/mol. The molecule has 0 unspecified atom stereocenters. The average molecular weight is 408 g/mol. The third-order valence-electron chi connectivity index (χ3n) is 5.14. The van der Waals surface area contributed by atoms with Crippen LogP contribution >= 0.6 is 11.3 Å². The van der Waals surface area contributed by atoms with E-state index in [1.807, 2.05) is 20.9 Å². The molecule has 1 fully saturated rings. The van der Waals surface area contributed by atoms with Gasteiger partial charge in [-0.1, -0.05) is 0 Å². The Hall–Kier alpha value is -1.91. The van der Waals surface area contributed by atoms with E-state index in [4.69, 9.17) is 4.74 Å². The molecular formula is C18H29N7O2S. The van der Waals surface area contributed by atoms with E-state index in [0.29, 0.717) is 25.9 Å². The quantitative estimate of drug-likeness (QED) is 0.656. The Kier molecular flexibility index (Phi) is 7.08. The molecule has 9 nitrogen and oxygen atoms in total. The zero-order valence-electron chi connectivity index (χ0n) is 17.1. The molecule has 0 N–H and O–H groups in total. The highest BCUT2D eigenvalue weighted by Crippen LogP contribution is 2.26. The molecule has 1 amide bonds. The Balaban J connectivity index is 1.49. The number of thiazole rings is 1. The number of hydrogen-bond donors (Lipinski definition) is 0. The molecule has 0 radical (unpaired) electrons. The fourth-order valence-corrected chi connectivity index (χ4v) is 4.27. The Morgan fingerprint density at radius 3 is 2.75 bits per heavy atom. The predicted molar refractivity (Wildman–Crippen MR) is 106 cm³/mol.